The third-order valence-corrected chi connectivity index (χ3v) is 2.23. The van der Waals surface area contributed by atoms with Crippen LogP contribution in [0.25, 0.3) is 5.69 Å². The van der Waals surface area contributed by atoms with E-state index in [1.165, 1.54) is 0 Å². The topological polar surface area (TPSA) is 53.1 Å². The minimum absolute atomic E-state index is 0.631. The van der Waals surface area contributed by atoms with Gasteiger partial charge in [-0.05, 0) is 26.0 Å². The van der Waals surface area contributed by atoms with Crippen molar-refractivity contribution in [2.75, 3.05) is 12.3 Å². The van der Waals surface area contributed by atoms with Crippen molar-refractivity contribution < 1.29 is 4.74 Å². The fraction of sp³-hybridized carbons (Fsp3) is 0.250. The van der Waals surface area contributed by atoms with E-state index in [0.29, 0.717) is 12.4 Å². The summed E-state index contributed by atoms with van der Waals surface area (Å²) in [4.78, 5) is 0. The molecule has 0 fully saturated rings. The second-order valence-electron chi connectivity index (χ2n) is 3.55. The van der Waals surface area contributed by atoms with Crippen molar-refractivity contribution in [2.24, 2.45) is 0 Å². The molecule has 0 bridgehead atoms. The largest absolute Gasteiger partial charge is 0.494 e. The summed E-state index contributed by atoms with van der Waals surface area (Å²) in [7, 11) is 0. The van der Waals surface area contributed by atoms with E-state index >= 15 is 0 Å². The Morgan fingerprint density at radius 2 is 2.19 bits per heavy atom. The first-order chi connectivity index (χ1) is 7.70. The van der Waals surface area contributed by atoms with Crippen molar-refractivity contribution in [3.63, 3.8) is 0 Å². The van der Waals surface area contributed by atoms with Gasteiger partial charge in [0.15, 0.2) is 0 Å². The number of ether oxygens (including phenoxy) is 1. The Balaban J connectivity index is 2.40. The molecule has 84 valence electrons. The van der Waals surface area contributed by atoms with Gasteiger partial charge in [0.2, 0.25) is 0 Å². The van der Waals surface area contributed by atoms with Crippen LogP contribution in [-0.4, -0.2) is 16.4 Å². The van der Waals surface area contributed by atoms with Gasteiger partial charge in [-0.25, -0.2) is 4.68 Å². The molecule has 0 spiro atoms. The molecule has 1 aromatic carbocycles. The fourth-order valence-corrected chi connectivity index (χ4v) is 1.60. The molecule has 4 heteroatoms. The van der Waals surface area contributed by atoms with E-state index in [4.69, 9.17) is 10.5 Å². The van der Waals surface area contributed by atoms with E-state index in [1.807, 2.05) is 44.2 Å². The molecule has 1 aromatic heterocycles. The van der Waals surface area contributed by atoms with Gasteiger partial charge >= 0.3 is 0 Å². The lowest BCUT2D eigenvalue weighted by Crippen LogP contribution is -2.02. The maximum absolute atomic E-state index is 5.86. The van der Waals surface area contributed by atoms with Gasteiger partial charge in [0, 0.05) is 12.1 Å². The molecule has 0 unspecified atom stereocenters. The summed E-state index contributed by atoms with van der Waals surface area (Å²) in [6, 6.07) is 9.56. The minimum atomic E-state index is 0.631. The number of nitrogens with zero attached hydrogens (tertiary/aromatic N) is 2. The third kappa shape index (κ3) is 2.00. The first kappa shape index (κ1) is 10.5. The molecule has 0 aliphatic heterocycles. The predicted octanol–water partition coefficient (Wildman–Crippen LogP) is 2.16. The lowest BCUT2D eigenvalue weighted by atomic mass is 10.3. The molecule has 2 aromatic rings. The number of benzene rings is 1. The molecule has 0 saturated heterocycles. The quantitative estimate of drug-likeness (QED) is 0.857. The van der Waals surface area contributed by atoms with Crippen LogP contribution in [0.5, 0.6) is 5.75 Å². The van der Waals surface area contributed by atoms with Gasteiger partial charge in [-0.2, -0.15) is 5.10 Å². The lowest BCUT2D eigenvalue weighted by molar-refractivity contribution is 0.340. The maximum atomic E-state index is 5.86. The van der Waals surface area contributed by atoms with E-state index in [-0.39, 0.29) is 0 Å². The zero-order valence-corrected chi connectivity index (χ0v) is 9.47. The zero-order chi connectivity index (χ0) is 11.5. The first-order valence-corrected chi connectivity index (χ1v) is 5.26. The molecule has 0 aliphatic carbocycles. The smallest absolute Gasteiger partial charge is 0.127 e. The highest BCUT2D eigenvalue weighted by Crippen LogP contribution is 2.19. The van der Waals surface area contributed by atoms with Crippen molar-refractivity contribution in [3.05, 3.63) is 36.0 Å². The normalized spacial score (nSPS) is 10.4. The maximum Gasteiger partial charge on any atom is 0.127 e. The molecule has 2 rings (SSSR count). The fourth-order valence-electron chi connectivity index (χ4n) is 1.60. The number of hydrogen-bond acceptors (Lipinski definition) is 3. The van der Waals surface area contributed by atoms with Gasteiger partial charge in [-0.1, -0.05) is 6.07 Å². The van der Waals surface area contributed by atoms with Crippen molar-refractivity contribution in [3.8, 4) is 11.4 Å². The van der Waals surface area contributed by atoms with Crippen molar-refractivity contribution in [2.45, 2.75) is 13.8 Å². The first-order valence-electron chi connectivity index (χ1n) is 5.26. The van der Waals surface area contributed by atoms with Gasteiger partial charge in [0.05, 0.1) is 18.0 Å². The summed E-state index contributed by atoms with van der Waals surface area (Å²) in [6.07, 6.45) is 0. The van der Waals surface area contributed by atoms with E-state index in [2.05, 4.69) is 5.10 Å². The number of hydrogen-bond donors (Lipinski definition) is 1. The highest BCUT2D eigenvalue weighted by molar-refractivity contribution is 5.45. The Kier molecular flexibility index (Phi) is 2.81. The molecule has 0 atom stereocenters. The number of aromatic nitrogens is 2. The van der Waals surface area contributed by atoms with E-state index in [9.17, 15) is 0 Å². The highest BCUT2D eigenvalue weighted by atomic mass is 16.5. The Hall–Kier alpha value is -1.97. The average Bonchev–Trinajstić information content (AvgIpc) is 2.59. The molecule has 1 heterocycles. The van der Waals surface area contributed by atoms with Crippen molar-refractivity contribution in [1.82, 2.24) is 9.78 Å². The molecular weight excluding hydrogens is 202 g/mol. The van der Waals surface area contributed by atoms with Crippen LogP contribution >= 0.6 is 0 Å². The lowest BCUT2D eigenvalue weighted by Gasteiger charge is -2.07. The van der Waals surface area contributed by atoms with Crippen LogP contribution in [-0.2, 0) is 0 Å². The Labute approximate surface area is 94.6 Å². The second-order valence-corrected chi connectivity index (χ2v) is 3.55. The SMILES string of the molecule is CCOc1cccc(-n2nc(C)cc2N)c1. The molecule has 0 aliphatic rings. The summed E-state index contributed by atoms with van der Waals surface area (Å²) in [5, 5.41) is 4.32. The standard InChI is InChI=1S/C12H15N3O/c1-3-16-11-6-4-5-10(8-11)15-12(13)7-9(2)14-15/h4-8H,3,13H2,1-2H3. The number of nitrogens with two attached hydrogens (primary N) is 1. The molecule has 4 nitrogen and oxygen atoms in total. The minimum Gasteiger partial charge on any atom is -0.494 e. The van der Waals surface area contributed by atoms with Crippen LogP contribution < -0.4 is 10.5 Å². The van der Waals surface area contributed by atoms with Crippen LogP contribution in [0.3, 0.4) is 0 Å². The molecule has 0 radical (unpaired) electrons. The van der Waals surface area contributed by atoms with Crippen LogP contribution in [0.2, 0.25) is 0 Å². The Bertz CT molecular complexity index is 491. The molecule has 0 amide bonds. The van der Waals surface area contributed by atoms with Crippen molar-refractivity contribution in [1.29, 1.82) is 0 Å². The van der Waals surface area contributed by atoms with Crippen LogP contribution in [0.1, 0.15) is 12.6 Å². The summed E-state index contributed by atoms with van der Waals surface area (Å²) < 4.78 is 7.14. The summed E-state index contributed by atoms with van der Waals surface area (Å²) >= 11 is 0. The monoisotopic (exact) mass is 217 g/mol. The summed E-state index contributed by atoms with van der Waals surface area (Å²) in [5.74, 6) is 1.46. The number of rotatable bonds is 3. The van der Waals surface area contributed by atoms with Crippen LogP contribution in [0, 0.1) is 6.92 Å². The molecule has 16 heavy (non-hydrogen) atoms. The Morgan fingerprint density at radius 3 is 2.81 bits per heavy atom. The Morgan fingerprint density at radius 1 is 1.38 bits per heavy atom. The van der Waals surface area contributed by atoms with Crippen molar-refractivity contribution >= 4 is 5.82 Å². The van der Waals surface area contributed by atoms with E-state index in [0.717, 1.165) is 17.1 Å². The predicted molar refractivity (Wildman–Crippen MR) is 63.9 cm³/mol. The van der Waals surface area contributed by atoms with Gasteiger partial charge in [-0.15, -0.1) is 0 Å². The molecular formula is C12H15N3O. The van der Waals surface area contributed by atoms with Gasteiger partial charge < -0.3 is 10.5 Å². The highest BCUT2D eigenvalue weighted by Gasteiger charge is 2.04. The zero-order valence-electron chi connectivity index (χ0n) is 9.47. The average molecular weight is 217 g/mol. The third-order valence-electron chi connectivity index (χ3n) is 2.23. The summed E-state index contributed by atoms with van der Waals surface area (Å²) in [6.45, 7) is 4.52. The van der Waals surface area contributed by atoms with Crippen LogP contribution in [0.4, 0.5) is 5.82 Å². The van der Waals surface area contributed by atoms with Crippen LogP contribution in [0.15, 0.2) is 30.3 Å². The number of anilines is 1. The van der Waals surface area contributed by atoms with Gasteiger partial charge in [-0.3, -0.25) is 0 Å². The van der Waals surface area contributed by atoms with E-state index < -0.39 is 0 Å². The van der Waals surface area contributed by atoms with Gasteiger partial charge in [0.1, 0.15) is 11.6 Å². The molecule has 2 N–H and O–H groups in total. The number of nitrogen functional groups attached to an aromatic ring is 1. The second kappa shape index (κ2) is 4.26. The van der Waals surface area contributed by atoms with E-state index in [1.54, 1.807) is 4.68 Å². The van der Waals surface area contributed by atoms with Gasteiger partial charge in [0.25, 0.3) is 0 Å². The summed E-state index contributed by atoms with van der Waals surface area (Å²) in [5.41, 5.74) is 7.67. The molecule has 0 saturated carbocycles. The number of aryl methyl sites for hydroxylation is 1.